The normalized spacial score (nSPS) is 30.8. The molecule has 2 saturated heterocycles. The molecule has 0 aliphatic carbocycles. The molecule has 2 fully saturated rings. The van der Waals surface area contributed by atoms with Crippen molar-refractivity contribution in [2.24, 2.45) is 11.7 Å². The maximum Gasteiger partial charge on any atom is 0.0325 e. The molecule has 3 atom stereocenters. The second kappa shape index (κ2) is 6.10. The smallest absolute Gasteiger partial charge is 0.0325 e. The summed E-state index contributed by atoms with van der Waals surface area (Å²) in [5.74, 6) is 0.729. The summed E-state index contributed by atoms with van der Waals surface area (Å²) in [6.45, 7) is 6.94. The highest BCUT2D eigenvalue weighted by Crippen LogP contribution is 2.40. The number of nitrogens with zero attached hydrogens (tertiary/aromatic N) is 1. The minimum absolute atomic E-state index is 0.430. The van der Waals surface area contributed by atoms with Gasteiger partial charge in [0.25, 0.3) is 0 Å². The molecule has 0 amide bonds. The first-order valence-corrected chi connectivity index (χ1v) is 8.66. The molecule has 1 aromatic carbocycles. The van der Waals surface area contributed by atoms with Crippen LogP contribution in [-0.4, -0.2) is 23.0 Å². The summed E-state index contributed by atoms with van der Waals surface area (Å²) >= 11 is 0. The zero-order valence-corrected chi connectivity index (χ0v) is 13.8. The standard InChI is InChI=1S/C19H30N2/c1-13(2)10-15-4-6-16(7-5-15)14(3)21-18-8-9-19(21)12-17(20)11-18/h4-7,13-14,17-19H,8-12,20H2,1-3H3. The SMILES string of the molecule is CC(C)Cc1ccc(C(C)N2C3CCC2CC(N)C3)cc1. The molecule has 3 rings (SSSR count). The molecule has 21 heavy (non-hydrogen) atoms. The predicted molar refractivity (Wildman–Crippen MR) is 89.3 cm³/mol. The second-order valence-corrected chi connectivity index (χ2v) is 7.58. The Kier molecular flexibility index (Phi) is 4.37. The molecule has 116 valence electrons. The van der Waals surface area contributed by atoms with E-state index < -0.39 is 0 Å². The van der Waals surface area contributed by atoms with E-state index in [9.17, 15) is 0 Å². The molecule has 0 spiro atoms. The largest absolute Gasteiger partial charge is 0.328 e. The van der Waals surface area contributed by atoms with Crippen molar-refractivity contribution in [3.63, 3.8) is 0 Å². The lowest BCUT2D eigenvalue weighted by Gasteiger charge is -2.41. The van der Waals surface area contributed by atoms with Crippen LogP contribution in [0.2, 0.25) is 0 Å². The van der Waals surface area contributed by atoms with Gasteiger partial charge in [-0.05, 0) is 56.1 Å². The molecule has 1 aromatic rings. The lowest BCUT2D eigenvalue weighted by molar-refractivity contribution is 0.0854. The summed E-state index contributed by atoms with van der Waals surface area (Å²) in [5.41, 5.74) is 9.13. The van der Waals surface area contributed by atoms with Gasteiger partial charge >= 0.3 is 0 Å². The predicted octanol–water partition coefficient (Wildman–Crippen LogP) is 3.90. The van der Waals surface area contributed by atoms with E-state index in [2.05, 4.69) is 49.9 Å². The van der Waals surface area contributed by atoms with Gasteiger partial charge in [0.2, 0.25) is 0 Å². The van der Waals surface area contributed by atoms with Crippen molar-refractivity contribution < 1.29 is 0 Å². The quantitative estimate of drug-likeness (QED) is 0.909. The Morgan fingerprint density at radius 3 is 2.14 bits per heavy atom. The third kappa shape index (κ3) is 3.17. The molecule has 0 aromatic heterocycles. The van der Waals surface area contributed by atoms with Crippen LogP contribution in [0, 0.1) is 5.92 Å². The van der Waals surface area contributed by atoms with Gasteiger partial charge < -0.3 is 5.73 Å². The van der Waals surface area contributed by atoms with E-state index in [0.717, 1.165) is 5.92 Å². The number of nitrogens with two attached hydrogens (primary N) is 1. The van der Waals surface area contributed by atoms with Gasteiger partial charge in [-0.3, -0.25) is 4.90 Å². The van der Waals surface area contributed by atoms with Gasteiger partial charge in [0.05, 0.1) is 0 Å². The molecule has 2 N–H and O–H groups in total. The molecule has 2 heterocycles. The highest BCUT2D eigenvalue weighted by Gasteiger charge is 2.41. The third-order valence-electron chi connectivity index (χ3n) is 5.38. The van der Waals surface area contributed by atoms with Gasteiger partial charge in [0, 0.05) is 24.2 Å². The van der Waals surface area contributed by atoms with E-state index in [-0.39, 0.29) is 0 Å². The lowest BCUT2D eigenvalue weighted by Crippen LogP contribution is -2.48. The minimum atomic E-state index is 0.430. The van der Waals surface area contributed by atoms with Crippen molar-refractivity contribution in [2.75, 3.05) is 0 Å². The Morgan fingerprint density at radius 1 is 1.05 bits per heavy atom. The average Bonchev–Trinajstić information content (AvgIpc) is 2.70. The first kappa shape index (κ1) is 15.1. The molecule has 2 heteroatoms. The molecular formula is C19H30N2. The Morgan fingerprint density at radius 2 is 1.62 bits per heavy atom. The zero-order valence-electron chi connectivity index (χ0n) is 13.8. The van der Waals surface area contributed by atoms with Crippen LogP contribution in [0.3, 0.4) is 0 Å². The monoisotopic (exact) mass is 286 g/mol. The summed E-state index contributed by atoms with van der Waals surface area (Å²) in [6, 6.07) is 11.7. The van der Waals surface area contributed by atoms with Crippen LogP contribution < -0.4 is 5.73 Å². The van der Waals surface area contributed by atoms with E-state index >= 15 is 0 Å². The number of rotatable bonds is 4. The number of benzene rings is 1. The lowest BCUT2D eigenvalue weighted by atomic mass is 9.93. The molecule has 0 radical (unpaired) electrons. The van der Waals surface area contributed by atoms with Crippen LogP contribution >= 0.6 is 0 Å². The zero-order chi connectivity index (χ0) is 15.0. The number of hydrogen-bond acceptors (Lipinski definition) is 2. The summed E-state index contributed by atoms with van der Waals surface area (Å²) < 4.78 is 0. The maximum atomic E-state index is 6.20. The van der Waals surface area contributed by atoms with Crippen LogP contribution in [0.15, 0.2) is 24.3 Å². The molecule has 0 saturated carbocycles. The van der Waals surface area contributed by atoms with Crippen LogP contribution in [0.1, 0.15) is 63.6 Å². The van der Waals surface area contributed by atoms with Crippen molar-refractivity contribution in [1.29, 1.82) is 0 Å². The Bertz CT molecular complexity index is 451. The highest BCUT2D eigenvalue weighted by atomic mass is 15.2. The van der Waals surface area contributed by atoms with Gasteiger partial charge in [0.15, 0.2) is 0 Å². The van der Waals surface area contributed by atoms with E-state index in [1.165, 1.54) is 43.2 Å². The van der Waals surface area contributed by atoms with Crippen molar-refractivity contribution in [2.45, 2.75) is 77.0 Å². The summed E-state index contributed by atoms with van der Waals surface area (Å²) in [4.78, 5) is 2.75. The maximum absolute atomic E-state index is 6.20. The van der Waals surface area contributed by atoms with Gasteiger partial charge in [-0.25, -0.2) is 0 Å². The first-order valence-electron chi connectivity index (χ1n) is 8.66. The van der Waals surface area contributed by atoms with Crippen LogP contribution in [-0.2, 0) is 6.42 Å². The average molecular weight is 286 g/mol. The molecular weight excluding hydrogens is 256 g/mol. The fourth-order valence-corrected chi connectivity index (χ4v) is 4.46. The molecule has 2 aliphatic rings. The molecule has 3 unspecified atom stereocenters. The number of fused-ring (bicyclic) bond motifs is 2. The number of hydrogen-bond donors (Lipinski definition) is 1. The Hall–Kier alpha value is -0.860. The fraction of sp³-hybridized carbons (Fsp3) is 0.684. The van der Waals surface area contributed by atoms with E-state index in [0.29, 0.717) is 24.2 Å². The molecule has 2 aliphatic heterocycles. The highest BCUT2D eigenvalue weighted by molar-refractivity contribution is 5.26. The van der Waals surface area contributed by atoms with Crippen LogP contribution in [0.5, 0.6) is 0 Å². The second-order valence-electron chi connectivity index (χ2n) is 7.58. The Balaban J connectivity index is 1.72. The Labute approximate surface area is 129 Å². The molecule has 2 bridgehead atoms. The summed E-state index contributed by atoms with van der Waals surface area (Å²) in [5, 5.41) is 0. The van der Waals surface area contributed by atoms with Crippen molar-refractivity contribution in [3.05, 3.63) is 35.4 Å². The van der Waals surface area contributed by atoms with Gasteiger partial charge in [-0.2, -0.15) is 0 Å². The van der Waals surface area contributed by atoms with Gasteiger partial charge in [-0.1, -0.05) is 38.1 Å². The van der Waals surface area contributed by atoms with Gasteiger partial charge in [0.1, 0.15) is 0 Å². The first-order chi connectivity index (χ1) is 10.0. The van der Waals surface area contributed by atoms with E-state index in [1.807, 2.05) is 0 Å². The summed E-state index contributed by atoms with van der Waals surface area (Å²) in [6.07, 6.45) is 6.24. The van der Waals surface area contributed by atoms with Crippen molar-refractivity contribution in [3.8, 4) is 0 Å². The minimum Gasteiger partial charge on any atom is -0.328 e. The van der Waals surface area contributed by atoms with Crippen LogP contribution in [0.25, 0.3) is 0 Å². The van der Waals surface area contributed by atoms with E-state index in [4.69, 9.17) is 5.73 Å². The number of piperidine rings is 1. The molecule has 2 nitrogen and oxygen atoms in total. The van der Waals surface area contributed by atoms with Crippen LogP contribution in [0.4, 0.5) is 0 Å². The van der Waals surface area contributed by atoms with Crippen molar-refractivity contribution in [1.82, 2.24) is 4.90 Å². The summed E-state index contributed by atoms with van der Waals surface area (Å²) in [7, 11) is 0. The fourth-order valence-electron chi connectivity index (χ4n) is 4.46. The van der Waals surface area contributed by atoms with E-state index in [1.54, 1.807) is 0 Å². The van der Waals surface area contributed by atoms with Gasteiger partial charge in [-0.15, -0.1) is 0 Å². The third-order valence-corrected chi connectivity index (χ3v) is 5.38. The van der Waals surface area contributed by atoms with Crippen molar-refractivity contribution >= 4 is 0 Å². The topological polar surface area (TPSA) is 29.3 Å².